The van der Waals surface area contributed by atoms with Crippen LogP contribution in [0.15, 0.2) is 42.6 Å². The van der Waals surface area contributed by atoms with Crippen LogP contribution in [0, 0.1) is 15.5 Å². The molecule has 0 atom stereocenters. The number of aromatic nitrogens is 1. The lowest BCUT2D eigenvalue weighted by Gasteiger charge is -2.06. The summed E-state index contributed by atoms with van der Waals surface area (Å²) in [7, 11) is 0. The predicted molar refractivity (Wildman–Crippen MR) is 68.4 cm³/mol. The Balaban J connectivity index is 2.26. The maximum atomic E-state index is 10.8. The van der Waals surface area contributed by atoms with E-state index in [0.29, 0.717) is 11.4 Å². The summed E-state index contributed by atoms with van der Waals surface area (Å²) >= 11 is 0. The van der Waals surface area contributed by atoms with Crippen LogP contribution in [-0.4, -0.2) is 15.7 Å². The molecule has 0 fully saturated rings. The second kappa shape index (κ2) is 5.13. The van der Waals surface area contributed by atoms with Crippen molar-refractivity contribution in [3.8, 4) is 11.5 Å². The third-order valence-electron chi connectivity index (χ3n) is 2.30. The quantitative estimate of drug-likeness (QED) is 0.377. The monoisotopic (exact) mass is 258 g/mol. The molecular formula is C12H10N4O3. The molecular weight excluding hydrogens is 248 g/mol. The number of nitrogens with zero attached hydrogens (tertiary/aromatic N) is 2. The number of benzene rings is 1. The highest BCUT2D eigenvalue weighted by Gasteiger charge is 2.14. The number of hydrogen-bond acceptors (Lipinski definition) is 5. The molecule has 7 nitrogen and oxygen atoms in total. The van der Waals surface area contributed by atoms with Crippen molar-refractivity contribution in [2.75, 3.05) is 0 Å². The summed E-state index contributed by atoms with van der Waals surface area (Å²) in [6.07, 6.45) is 1.35. The molecule has 0 aliphatic heterocycles. The fraction of sp³-hybridized carbons (Fsp3) is 0. The summed E-state index contributed by atoms with van der Waals surface area (Å²) in [6, 6.07) is 9.10. The Labute approximate surface area is 108 Å². The topological polar surface area (TPSA) is 115 Å². The molecule has 0 unspecified atom stereocenters. The first kappa shape index (κ1) is 12.5. The second-order valence-corrected chi connectivity index (χ2v) is 3.62. The standard InChI is InChI=1S/C12H10N4O3/c13-12(14)9-6-5-8(7-15-9)19-11-4-2-1-3-10(11)16(17)18/h1-7H,(H3,13,14). The zero-order chi connectivity index (χ0) is 13.8. The summed E-state index contributed by atoms with van der Waals surface area (Å²) in [5.41, 5.74) is 5.46. The van der Waals surface area contributed by atoms with Gasteiger partial charge in [-0.25, -0.2) is 4.98 Å². The van der Waals surface area contributed by atoms with Crippen LogP contribution < -0.4 is 10.5 Å². The van der Waals surface area contributed by atoms with E-state index < -0.39 is 4.92 Å². The number of nitro benzene ring substituents is 1. The predicted octanol–water partition coefficient (Wildman–Crippen LogP) is 2.07. The first-order valence-electron chi connectivity index (χ1n) is 5.29. The van der Waals surface area contributed by atoms with E-state index in [2.05, 4.69) is 4.98 Å². The first-order valence-corrected chi connectivity index (χ1v) is 5.29. The molecule has 1 aromatic carbocycles. The molecule has 0 bridgehead atoms. The fourth-order valence-corrected chi connectivity index (χ4v) is 1.42. The van der Waals surface area contributed by atoms with Gasteiger partial charge in [0, 0.05) is 6.07 Å². The molecule has 0 aliphatic carbocycles. The molecule has 2 rings (SSSR count). The summed E-state index contributed by atoms with van der Waals surface area (Å²) in [6.45, 7) is 0. The van der Waals surface area contributed by atoms with E-state index in [9.17, 15) is 10.1 Å². The third kappa shape index (κ3) is 2.83. The van der Waals surface area contributed by atoms with Gasteiger partial charge >= 0.3 is 5.69 Å². The molecule has 1 aromatic heterocycles. The Morgan fingerprint density at radius 1 is 1.32 bits per heavy atom. The molecule has 2 aromatic rings. The third-order valence-corrected chi connectivity index (χ3v) is 2.30. The van der Waals surface area contributed by atoms with Gasteiger partial charge < -0.3 is 10.5 Å². The highest BCUT2D eigenvalue weighted by atomic mass is 16.6. The van der Waals surface area contributed by atoms with E-state index in [1.165, 1.54) is 24.4 Å². The summed E-state index contributed by atoms with van der Waals surface area (Å²) in [5, 5.41) is 18.0. The van der Waals surface area contributed by atoms with Gasteiger partial charge in [-0.2, -0.15) is 0 Å². The molecule has 0 spiro atoms. The van der Waals surface area contributed by atoms with Crippen molar-refractivity contribution in [2.24, 2.45) is 5.73 Å². The molecule has 19 heavy (non-hydrogen) atoms. The SMILES string of the molecule is N=C(N)c1ccc(Oc2ccccc2[N+](=O)[O-])cn1. The zero-order valence-electron chi connectivity index (χ0n) is 9.74. The van der Waals surface area contributed by atoms with E-state index in [-0.39, 0.29) is 17.3 Å². The number of amidine groups is 1. The number of ether oxygens (including phenoxy) is 1. The highest BCUT2D eigenvalue weighted by molar-refractivity contribution is 5.92. The molecule has 1 heterocycles. The van der Waals surface area contributed by atoms with Crippen LogP contribution in [0.25, 0.3) is 0 Å². The van der Waals surface area contributed by atoms with Gasteiger partial charge in [0.1, 0.15) is 17.3 Å². The highest BCUT2D eigenvalue weighted by Crippen LogP contribution is 2.30. The molecule has 0 aliphatic rings. The lowest BCUT2D eigenvalue weighted by atomic mass is 10.3. The number of para-hydroxylation sites is 2. The minimum absolute atomic E-state index is 0.127. The van der Waals surface area contributed by atoms with Gasteiger partial charge in [0.25, 0.3) is 0 Å². The largest absolute Gasteiger partial charge is 0.449 e. The zero-order valence-corrected chi connectivity index (χ0v) is 9.74. The Morgan fingerprint density at radius 3 is 2.63 bits per heavy atom. The number of hydrogen-bond donors (Lipinski definition) is 2. The molecule has 0 saturated carbocycles. The summed E-state index contributed by atoms with van der Waals surface area (Å²) in [4.78, 5) is 14.2. The van der Waals surface area contributed by atoms with Crippen LogP contribution in [0.3, 0.4) is 0 Å². The van der Waals surface area contributed by atoms with Crippen molar-refractivity contribution in [1.29, 1.82) is 5.41 Å². The van der Waals surface area contributed by atoms with Crippen LogP contribution in [0.4, 0.5) is 5.69 Å². The van der Waals surface area contributed by atoms with Gasteiger partial charge in [0.2, 0.25) is 5.75 Å². The van der Waals surface area contributed by atoms with E-state index in [0.717, 1.165) is 0 Å². The Hall–Kier alpha value is -2.96. The van der Waals surface area contributed by atoms with Crippen molar-refractivity contribution in [3.05, 3.63) is 58.4 Å². The number of pyridine rings is 1. The Bertz CT molecular complexity index is 625. The molecule has 0 radical (unpaired) electrons. The Kier molecular flexibility index (Phi) is 3.37. The number of nitro groups is 1. The van der Waals surface area contributed by atoms with Gasteiger partial charge in [-0.3, -0.25) is 15.5 Å². The summed E-state index contributed by atoms with van der Waals surface area (Å²) < 4.78 is 5.39. The lowest BCUT2D eigenvalue weighted by Crippen LogP contribution is -2.12. The molecule has 7 heteroatoms. The normalized spacial score (nSPS) is 9.89. The lowest BCUT2D eigenvalue weighted by molar-refractivity contribution is -0.385. The number of rotatable bonds is 4. The van der Waals surface area contributed by atoms with E-state index in [1.807, 2.05) is 0 Å². The van der Waals surface area contributed by atoms with Crippen LogP contribution >= 0.6 is 0 Å². The van der Waals surface area contributed by atoms with E-state index >= 15 is 0 Å². The van der Waals surface area contributed by atoms with Crippen molar-refractivity contribution < 1.29 is 9.66 Å². The van der Waals surface area contributed by atoms with E-state index in [1.54, 1.807) is 18.2 Å². The van der Waals surface area contributed by atoms with Gasteiger partial charge in [-0.15, -0.1) is 0 Å². The van der Waals surface area contributed by atoms with Gasteiger partial charge in [0.05, 0.1) is 11.1 Å². The summed E-state index contributed by atoms with van der Waals surface area (Å²) in [5.74, 6) is 0.307. The maximum absolute atomic E-state index is 10.8. The van der Waals surface area contributed by atoms with Crippen LogP contribution in [0.1, 0.15) is 5.69 Å². The number of nitrogen functional groups attached to an aromatic ring is 1. The van der Waals surface area contributed by atoms with Crippen LogP contribution in [-0.2, 0) is 0 Å². The maximum Gasteiger partial charge on any atom is 0.311 e. The first-order chi connectivity index (χ1) is 9.08. The van der Waals surface area contributed by atoms with Gasteiger partial charge in [-0.1, -0.05) is 12.1 Å². The van der Waals surface area contributed by atoms with Crippen molar-refractivity contribution in [1.82, 2.24) is 4.98 Å². The molecule has 0 amide bonds. The van der Waals surface area contributed by atoms with Gasteiger partial charge in [0.15, 0.2) is 0 Å². The number of nitrogens with two attached hydrogens (primary N) is 1. The van der Waals surface area contributed by atoms with Crippen LogP contribution in [0.2, 0.25) is 0 Å². The second-order valence-electron chi connectivity index (χ2n) is 3.62. The van der Waals surface area contributed by atoms with Gasteiger partial charge in [-0.05, 0) is 18.2 Å². The minimum atomic E-state index is -0.521. The molecule has 3 N–H and O–H groups in total. The number of nitrogens with one attached hydrogen (secondary N) is 1. The van der Waals surface area contributed by atoms with Crippen LogP contribution in [0.5, 0.6) is 11.5 Å². The average Bonchev–Trinajstić information content (AvgIpc) is 2.39. The van der Waals surface area contributed by atoms with E-state index in [4.69, 9.17) is 15.9 Å². The van der Waals surface area contributed by atoms with Crippen molar-refractivity contribution >= 4 is 11.5 Å². The molecule has 96 valence electrons. The molecule has 0 saturated heterocycles. The van der Waals surface area contributed by atoms with Crippen molar-refractivity contribution in [2.45, 2.75) is 0 Å². The van der Waals surface area contributed by atoms with Crippen molar-refractivity contribution in [3.63, 3.8) is 0 Å². The minimum Gasteiger partial charge on any atom is -0.449 e. The average molecular weight is 258 g/mol. The smallest absolute Gasteiger partial charge is 0.311 e. The Morgan fingerprint density at radius 2 is 2.05 bits per heavy atom. The fourth-order valence-electron chi connectivity index (χ4n) is 1.42.